The summed E-state index contributed by atoms with van der Waals surface area (Å²) in [6.07, 6.45) is 3.22. The van der Waals surface area contributed by atoms with E-state index in [0.717, 1.165) is 0 Å². The molecule has 0 saturated carbocycles. The van der Waals surface area contributed by atoms with Crippen LogP contribution >= 0.6 is 11.8 Å². The van der Waals surface area contributed by atoms with Crippen LogP contribution in [0.3, 0.4) is 0 Å². The summed E-state index contributed by atoms with van der Waals surface area (Å²) in [7, 11) is 0. The van der Waals surface area contributed by atoms with Crippen LogP contribution in [-0.2, 0) is 9.53 Å². The van der Waals surface area contributed by atoms with Crippen LogP contribution in [0.5, 0.6) is 0 Å². The zero-order valence-corrected chi connectivity index (χ0v) is 16.9. The highest BCUT2D eigenvalue weighted by atomic mass is 32.2. The highest BCUT2D eigenvalue weighted by Gasteiger charge is 2.24. The minimum atomic E-state index is -0.659. The number of benzene rings is 1. The summed E-state index contributed by atoms with van der Waals surface area (Å²) in [5.74, 6) is -1.29. The van der Waals surface area contributed by atoms with E-state index in [4.69, 9.17) is 4.74 Å². The Bertz CT molecular complexity index is 795. The van der Waals surface area contributed by atoms with Crippen molar-refractivity contribution >= 4 is 23.6 Å². The zero-order chi connectivity index (χ0) is 20.1. The first-order chi connectivity index (χ1) is 12.8. The number of nitrogens with zero attached hydrogens (tertiary/aromatic N) is 3. The van der Waals surface area contributed by atoms with Crippen LogP contribution in [0.2, 0.25) is 0 Å². The molecule has 1 amide bonds. The Morgan fingerprint density at radius 2 is 1.78 bits per heavy atom. The van der Waals surface area contributed by atoms with E-state index in [1.54, 1.807) is 21.6 Å². The van der Waals surface area contributed by atoms with Gasteiger partial charge in [-0.2, -0.15) is 0 Å². The predicted molar refractivity (Wildman–Crippen MR) is 103 cm³/mol. The molecule has 146 valence electrons. The smallest absolute Gasteiger partial charge is 0.357 e. The lowest BCUT2D eigenvalue weighted by Crippen LogP contribution is -2.44. The molecule has 1 aromatic carbocycles. The number of ether oxygens (including phenoxy) is 1. The fourth-order valence-corrected chi connectivity index (χ4v) is 3.46. The fourth-order valence-electron chi connectivity index (χ4n) is 2.91. The summed E-state index contributed by atoms with van der Waals surface area (Å²) in [5, 5.41) is 0.561. The molecule has 2 rings (SSSR count). The van der Waals surface area contributed by atoms with Crippen molar-refractivity contribution in [2.24, 2.45) is 0 Å². The van der Waals surface area contributed by atoms with Gasteiger partial charge in [-0.15, -0.1) is 0 Å². The molecule has 0 radical (unpaired) electrons. The average molecular weight is 393 g/mol. The number of aromatic nitrogens is 2. The van der Waals surface area contributed by atoms with E-state index in [0.29, 0.717) is 10.8 Å². The van der Waals surface area contributed by atoms with E-state index in [-0.39, 0.29) is 36.1 Å². The monoisotopic (exact) mass is 393 g/mol. The van der Waals surface area contributed by atoms with Gasteiger partial charge in [-0.05, 0) is 58.2 Å². The lowest BCUT2D eigenvalue weighted by atomic mass is 10.2. The Kier molecular flexibility index (Phi) is 7.01. The topological polar surface area (TPSA) is 64.4 Å². The van der Waals surface area contributed by atoms with Crippen LogP contribution in [0.1, 0.15) is 38.2 Å². The van der Waals surface area contributed by atoms with Crippen molar-refractivity contribution in [2.45, 2.75) is 44.9 Å². The van der Waals surface area contributed by atoms with Gasteiger partial charge in [0, 0.05) is 17.8 Å². The van der Waals surface area contributed by atoms with Crippen LogP contribution in [0.4, 0.5) is 4.39 Å². The lowest BCUT2D eigenvalue weighted by molar-refractivity contribution is -0.138. The summed E-state index contributed by atoms with van der Waals surface area (Å²) >= 11 is 1.34. The number of thioether (sulfide) groups is 1. The maximum atomic E-state index is 13.2. The first kappa shape index (κ1) is 21.0. The number of halogens is 1. The van der Waals surface area contributed by atoms with Crippen LogP contribution in [0, 0.1) is 5.82 Å². The third kappa shape index (κ3) is 4.88. The Labute approximate surface area is 162 Å². The van der Waals surface area contributed by atoms with Gasteiger partial charge in [-0.3, -0.25) is 9.36 Å². The predicted octanol–water partition coefficient (Wildman–Crippen LogP) is 3.54. The van der Waals surface area contributed by atoms with Crippen molar-refractivity contribution < 1.29 is 18.7 Å². The number of hydrogen-bond acceptors (Lipinski definition) is 5. The SMILES string of the molecule is CSc1ncc(C(=O)OCC(=O)N(C(C)C)C(C)C)n1-c1ccc(F)cc1. The largest absolute Gasteiger partial charge is 0.451 e. The van der Waals surface area contributed by atoms with Crippen LogP contribution in [-0.4, -0.2) is 51.3 Å². The minimum absolute atomic E-state index is 0.00374. The molecule has 1 heterocycles. The highest BCUT2D eigenvalue weighted by Crippen LogP contribution is 2.22. The summed E-state index contributed by atoms with van der Waals surface area (Å²) in [4.78, 5) is 30.8. The molecule has 0 aliphatic carbocycles. The minimum Gasteiger partial charge on any atom is -0.451 e. The van der Waals surface area contributed by atoms with Crippen LogP contribution in [0.25, 0.3) is 5.69 Å². The molecule has 1 aromatic heterocycles. The van der Waals surface area contributed by atoms with Gasteiger partial charge in [-0.1, -0.05) is 11.8 Å². The van der Waals surface area contributed by atoms with E-state index in [1.807, 2.05) is 34.0 Å². The molecule has 0 aliphatic rings. The Balaban J connectivity index is 2.21. The summed E-state index contributed by atoms with van der Waals surface area (Å²) in [6.45, 7) is 7.29. The van der Waals surface area contributed by atoms with E-state index in [2.05, 4.69) is 4.98 Å². The number of carbonyl (C=O) groups excluding carboxylic acids is 2. The maximum absolute atomic E-state index is 13.2. The van der Waals surface area contributed by atoms with Crippen molar-refractivity contribution in [2.75, 3.05) is 12.9 Å². The van der Waals surface area contributed by atoms with E-state index < -0.39 is 5.97 Å². The van der Waals surface area contributed by atoms with Gasteiger partial charge in [0.05, 0.1) is 6.20 Å². The molecule has 0 N–H and O–H groups in total. The lowest BCUT2D eigenvalue weighted by Gasteiger charge is -2.30. The maximum Gasteiger partial charge on any atom is 0.357 e. The first-order valence-corrected chi connectivity index (χ1v) is 9.84. The van der Waals surface area contributed by atoms with Crippen molar-refractivity contribution in [1.82, 2.24) is 14.5 Å². The molecule has 0 atom stereocenters. The van der Waals surface area contributed by atoms with Gasteiger partial charge < -0.3 is 9.64 Å². The average Bonchev–Trinajstić information content (AvgIpc) is 3.03. The van der Waals surface area contributed by atoms with E-state index in [1.165, 1.54) is 30.1 Å². The molecule has 6 nitrogen and oxygen atoms in total. The Morgan fingerprint density at radius 1 is 1.19 bits per heavy atom. The summed E-state index contributed by atoms with van der Waals surface area (Å²) in [5.41, 5.74) is 0.766. The van der Waals surface area contributed by atoms with Crippen LogP contribution in [0.15, 0.2) is 35.6 Å². The van der Waals surface area contributed by atoms with Crippen molar-refractivity contribution in [3.05, 3.63) is 42.0 Å². The molecular formula is C19H24FN3O3S. The Morgan fingerprint density at radius 3 is 2.30 bits per heavy atom. The molecule has 0 spiro atoms. The third-order valence-corrected chi connectivity index (χ3v) is 4.59. The second-order valence-electron chi connectivity index (χ2n) is 6.51. The van der Waals surface area contributed by atoms with Gasteiger partial charge in [0.25, 0.3) is 5.91 Å². The quantitative estimate of drug-likeness (QED) is 0.532. The molecule has 0 unspecified atom stereocenters. The summed E-state index contributed by atoms with van der Waals surface area (Å²) in [6, 6.07) is 5.73. The normalized spacial score (nSPS) is 11.1. The number of carbonyl (C=O) groups is 2. The third-order valence-electron chi connectivity index (χ3n) is 3.93. The van der Waals surface area contributed by atoms with Gasteiger partial charge >= 0.3 is 5.97 Å². The molecule has 0 aliphatic heterocycles. The molecule has 0 saturated heterocycles. The highest BCUT2D eigenvalue weighted by molar-refractivity contribution is 7.98. The van der Waals surface area contributed by atoms with Gasteiger partial charge in [0.2, 0.25) is 0 Å². The van der Waals surface area contributed by atoms with Gasteiger partial charge in [0.1, 0.15) is 5.82 Å². The first-order valence-electron chi connectivity index (χ1n) is 8.62. The van der Waals surface area contributed by atoms with E-state index >= 15 is 0 Å². The number of hydrogen-bond donors (Lipinski definition) is 0. The second kappa shape index (κ2) is 9.03. The van der Waals surface area contributed by atoms with Crippen molar-refractivity contribution in [1.29, 1.82) is 0 Å². The molecule has 0 fully saturated rings. The fraction of sp³-hybridized carbons (Fsp3) is 0.421. The number of amides is 1. The molecule has 8 heteroatoms. The van der Waals surface area contributed by atoms with Crippen molar-refractivity contribution in [3.63, 3.8) is 0 Å². The van der Waals surface area contributed by atoms with E-state index in [9.17, 15) is 14.0 Å². The second-order valence-corrected chi connectivity index (χ2v) is 7.28. The molecule has 2 aromatic rings. The molecule has 27 heavy (non-hydrogen) atoms. The standard InChI is InChI=1S/C19H24FN3O3S/c1-12(2)22(13(3)4)17(24)11-26-18(25)16-10-21-19(27-5)23(16)15-8-6-14(20)7-9-15/h6-10,12-13H,11H2,1-5H3. The van der Waals surface area contributed by atoms with Gasteiger partial charge in [-0.25, -0.2) is 14.2 Å². The van der Waals surface area contributed by atoms with Crippen molar-refractivity contribution in [3.8, 4) is 5.69 Å². The summed E-state index contributed by atoms with van der Waals surface area (Å²) < 4.78 is 20.0. The number of esters is 1. The van der Waals surface area contributed by atoms with Gasteiger partial charge in [0.15, 0.2) is 17.5 Å². The van der Waals surface area contributed by atoms with Crippen LogP contribution < -0.4 is 0 Å². The Hall–Kier alpha value is -2.35. The number of imidazole rings is 1. The molecular weight excluding hydrogens is 369 g/mol. The zero-order valence-electron chi connectivity index (χ0n) is 16.1. The molecule has 0 bridgehead atoms. The number of rotatable bonds is 7.